The quantitative estimate of drug-likeness (QED) is 0.189. The van der Waals surface area contributed by atoms with Crippen LogP contribution in [0, 0.1) is 0 Å². The number of likely N-dealkylation sites (N-methyl/N-ethyl adjacent to an activating group) is 1. The second-order valence-electron chi connectivity index (χ2n) is 14.2. The average Bonchev–Trinajstić information content (AvgIpc) is 3.89. The molecule has 2 aliphatic heterocycles. The molecular formula is C34H43N11O6S. The Morgan fingerprint density at radius 1 is 1.19 bits per heavy atom. The third-order valence-corrected chi connectivity index (χ3v) is 10.5. The lowest BCUT2D eigenvalue weighted by molar-refractivity contribution is -0.931. The highest BCUT2D eigenvalue weighted by Crippen LogP contribution is 2.28. The van der Waals surface area contributed by atoms with E-state index in [1.54, 1.807) is 24.3 Å². The van der Waals surface area contributed by atoms with Crippen molar-refractivity contribution < 1.29 is 28.7 Å². The maximum Gasteiger partial charge on any atom is 0.407 e. The van der Waals surface area contributed by atoms with Gasteiger partial charge in [0, 0.05) is 41.9 Å². The molecule has 52 heavy (non-hydrogen) atoms. The number of anilines is 2. The number of thiazole rings is 1. The van der Waals surface area contributed by atoms with Crippen molar-refractivity contribution in [2.75, 3.05) is 49.5 Å². The molecular weight excluding hydrogens is 691 g/mol. The number of carbonyl (C=O) groups excluding carboxylic acids is 3. The van der Waals surface area contributed by atoms with Gasteiger partial charge in [0.2, 0.25) is 0 Å². The van der Waals surface area contributed by atoms with E-state index in [1.807, 2.05) is 38.0 Å². The van der Waals surface area contributed by atoms with E-state index in [1.165, 1.54) is 21.9 Å². The van der Waals surface area contributed by atoms with E-state index in [9.17, 15) is 24.3 Å². The van der Waals surface area contributed by atoms with Crippen LogP contribution in [0.15, 0.2) is 28.5 Å². The van der Waals surface area contributed by atoms with Gasteiger partial charge in [-0.05, 0) is 49.3 Å². The summed E-state index contributed by atoms with van der Waals surface area (Å²) in [5.41, 5.74) is 1.12. The number of hydrogen-bond donors (Lipinski definition) is 3. The Balaban J connectivity index is 1.22. The molecule has 3 atom stereocenters. The zero-order valence-electron chi connectivity index (χ0n) is 29.6. The number of carboxylic acid groups (broad SMARTS) is 1. The van der Waals surface area contributed by atoms with Gasteiger partial charge in [-0.2, -0.15) is 5.21 Å². The van der Waals surface area contributed by atoms with Gasteiger partial charge >= 0.3 is 6.09 Å². The molecule has 2 amide bonds. The highest BCUT2D eigenvalue weighted by atomic mass is 32.1. The van der Waals surface area contributed by atoms with Crippen LogP contribution in [0.1, 0.15) is 80.8 Å². The summed E-state index contributed by atoms with van der Waals surface area (Å²) in [4.78, 5) is 63.0. The van der Waals surface area contributed by atoms with E-state index in [4.69, 9.17) is 9.72 Å². The number of aromatic amines is 1. The van der Waals surface area contributed by atoms with Crippen molar-refractivity contribution in [1.82, 2.24) is 40.3 Å². The topological polar surface area (TPSA) is 213 Å². The molecule has 0 saturated carbocycles. The molecule has 3 N–H and O–H groups in total. The van der Waals surface area contributed by atoms with Crippen LogP contribution in [-0.4, -0.2) is 109 Å². The molecule has 1 unspecified atom stereocenters. The molecule has 2 aliphatic rings. The molecule has 4 aromatic rings. The number of likely N-dealkylation sites (tertiary alicyclic amines) is 1. The molecule has 0 spiro atoms. The minimum Gasteiger partial charge on any atom is -0.544 e. The van der Waals surface area contributed by atoms with Crippen LogP contribution in [0.3, 0.4) is 0 Å². The van der Waals surface area contributed by atoms with Crippen molar-refractivity contribution in [2.45, 2.75) is 70.9 Å². The number of nitrogens with zero attached hydrogens (tertiary/aromatic N) is 8. The first-order chi connectivity index (χ1) is 24.8. The number of piperidine rings is 1. The monoisotopic (exact) mass is 733 g/mol. The Hall–Kier alpha value is -5.23. The minimum atomic E-state index is -1.10. The number of nitrogens with one attached hydrogen (secondary N) is 3. The maximum atomic E-state index is 14.0. The fourth-order valence-electron chi connectivity index (χ4n) is 6.92. The number of H-pyrrole nitrogens is 1. The van der Waals surface area contributed by atoms with Crippen LogP contribution in [0.2, 0.25) is 0 Å². The maximum absolute atomic E-state index is 14.0. The summed E-state index contributed by atoms with van der Waals surface area (Å²) < 4.78 is 7.58. The molecule has 0 radical (unpaired) electrons. The van der Waals surface area contributed by atoms with Gasteiger partial charge in [0.05, 0.1) is 43.4 Å². The Morgan fingerprint density at radius 2 is 2.02 bits per heavy atom. The number of fused-ring (bicyclic) bond motifs is 1. The largest absolute Gasteiger partial charge is 0.544 e. The number of amides is 2. The summed E-state index contributed by atoms with van der Waals surface area (Å²) in [6.45, 7) is 10.5. The van der Waals surface area contributed by atoms with Crippen molar-refractivity contribution in [3.8, 4) is 0 Å². The fraction of sp³-hybridized carbons (Fsp3) is 0.500. The first-order valence-electron chi connectivity index (χ1n) is 17.4. The molecule has 2 fully saturated rings. The van der Waals surface area contributed by atoms with Crippen LogP contribution in [0.4, 0.5) is 15.7 Å². The van der Waals surface area contributed by atoms with Gasteiger partial charge in [0.25, 0.3) is 11.5 Å². The first kappa shape index (κ1) is 36.6. The van der Waals surface area contributed by atoms with E-state index < -0.39 is 18.2 Å². The van der Waals surface area contributed by atoms with Crippen molar-refractivity contribution >= 4 is 58.1 Å². The molecule has 18 heteroatoms. The number of hydrogen-bond acceptors (Lipinski definition) is 13. The van der Waals surface area contributed by atoms with Crippen molar-refractivity contribution in [3.63, 3.8) is 0 Å². The lowest BCUT2D eigenvalue weighted by Gasteiger charge is -2.39. The lowest BCUT2D eigenvalue weighted by Crippen LogP contribution is -2.59. The van der Waals surface area contributed by atoms with Gasteiger partial charge in [0.1, 0.15) is 30.2 Å². The van der Waals surface area contributed by atoms with Gasteiger partial charge in [-0.25, -0.2) is 14.8 Å². The molecule has 0 aliphatic carbocycles. The molecule has 17 nitrogen and oxygen atoms in total. The van der Waals surface area contributed by atoms with Crippen molar-refractivity contribution in [3.05, 3.63) is 56.7 Å². The van der Waals surface area contributed by atoms with Gasteiger partial charge in [-0.3, -0.25) is 19.3 Å². The smallest absolute Gasteiger partial charge is 0.407 e. The second-order valence-corrected chi connectivity index (χ2v) is 15.1. The van der Waals surface area contributed by atoms with E-state index in [-0.39, 0.29) is 53.0 Å². The summed E-state index contributed by atoms with van der Waals surface area (Å²) >= 11 is 1.34. The van der Waals surface area contributed by atoms with Gasteiger partial charge < -0.3 is 29.3 Å². The number of aromatic nitrogens is 7. The van der Waals surface area contributed by atoms with E-state index >= 15 is 0 Å². The predicted octanol–water partition coefficient (Wildman–Crippen LogP) is 1.83. The molecule has 0 bridgehead atoms. The summed E-state index contributed by atoms with van der Waals surface area (Å²) in [7, 11) is 0. The molecule has 0 aromatic carbocycles. The number of rotatable bonds is 11. The van der Waals surface area contributed by atoms with Crippen LogP contribution in [0.5, 0.6) is 0 Å². The number of alkyl carbamates (subject to hydrolysis) is 1. The van der Waals surface area contributed by atoms with Crippen molar-refractivity contribution in [2.24, 2.45) is 0 Å². The first-order valence-corrected chi connectivity index (χ1v) is 18.2. The Kier molecular flexibility index (Phi) is 10.7. The number of quaternary nitrogens is 1. The van der Waals surface area contributed by atoms with Crippen LogP contribution in [-0.2, 0) is 14.9 Å². The summed E-state index contributed by atoms with van der Waals surface area (Å²) in [6.07, 6.45) is 6.46. The van der Waals surface area contributed by atoms with Crippen LogP contribution < -0.4 is 26.2 Å². The van der Waals surface area contributed by atoms with Gasteiger partial charge in [-0.1, -0.05) is 20.8 Å². The fourth-order valence-corrected chi connectivity index (χ4v) is 7.85. The van der Waals surface area contributed by atoms with Gasteiger partial charge in [0.15, 0.2) is 11.0 Å². The third-order valence-electron chi connectivity index (χ3n) is 9.78. The molecule has 4 aromatic heterocycles. The number of carboxylic acids is 1. The zero-order valence-corrected chi connectivity index (χ0v) is 30.4. The molecule has 2 saturated heterocycles. The third kappa shape index (κ3) is 8.12. The number of tetrazole rings is 1. The predicted molar refractivity (Wildman–Crippen MR) is 192 cm³/mol. The second kappa shape index (κ2) is 15.2. The summed E-state index contributed by atoms with van der Waals surface area (Å²) in [5, 5.41) is 33.4. The highest BCUT2D eigenvalue weighted by molar-refractivity contribution is 7.14. The van der Waals surface area contributed by atoms with E-state index in [0.717, 1.165) is 25.1 Å². The number of ether oxygens (including phenoxy) is 1. The Labute approximate surface area is 303 Å². The zero-order chi connectivity index (χ0) is 37.0. The highest BCUT2D eigenvalue weighted by Gasteiger charge is 2.40. The van der Waals surface area contributed by atoms with Crippen molar-refractivity contribution in [1.29, 1.82) is 0 Å². The molecule has 6 rings (SSSR count). The van der Waals surface area contributed by atoms with E-state index in [0.29, 0.717) is 53.5 Å². The lowest BCUT2D eigenvalue weighted by atomic mass is 9.93. The summed E-state index contributed by atoms with van der Waals surface area (Å²) in [5.74, 6) is -0.872. The standard InChI is InChI=1S/C34H43N11O6S/c1-5-45(19-28(46)47)15-7-8-22(45)17-35-33(50)51-23-9-6-13-43(18-23)29-24(10-11-26-39-41-42-40-26)31(49)44-14-12-21(16-27(44)37-29)30(48)38-32-36-25(20-52-32)34(2,3)4/h10-12,14,16,20,22-23H,5-9,13,15,17-19H2,1-4H3,(H3-,35,36,38,39,40,41,42,46,47,48,50)/t22-,23+,45?/m0/s1. The number of pyridine rings is 1. The van der Waals surface area contributed by atoms with Gasteiger partial charge in [-0.15, -0.1) is 21.5 Å². The molecule has 276 valence electrons. The summed E-state index contributed by atoms with van der Waals surface area (Å²) in [6, 6.07) is 3.05. The average molecular weight is 734 g/mol. The molecule has 6 heterocycles. The Morgan fingerprint density at radius 3 is 2.73 bits per heavy atom. The number of aliphatic carboxylic acids is 1. The normalized spacial score (nSPS) is 20.7. The van der Waals surface area contributed by atoms with Crippen LogP contribution >= 0.6 is 11.3 Å². The SMILES string of the molecule is CC[N+]1(CC(=O)[O-])CCC[C@H]1CNC(=O)O[C@@H]1CCCN(c2nc3cc(C(=O)Nc4nc(C(C)(C)C)cs4)ccn3c(=O)c2/C=C/c2nn[nH]n2)C1. The minimum absolute atomic E-state index is 0.0452. The van der Waals surface area contributed by atoms with Crippen LogP contribution in [0.25, 0.3) is 17.8 Å². The van der Waals surface area contributed by atoms with E-state index in [2.05, 4.69) is 36.2 Å². The number of carbonyl (C=O) groups is 3. The Bertz CT molecular complexity index is 2020.